The Morgan fingerprint density at radius 1 is 0.270 bits per heavy atom. The van der Waals surface area contributed by atoms with E-state index in [-0.39, 0.29) is 0 Å². The summed E-state index contributed by atoms with van der Waals surface area (Å²) >= 11 is 0. The highest BCUT2D eigenvalue weighted by Gasteiger charge is 2.33. The van der Waals surface area contributed by atoms with Crippen molar-refractivity contribution in [1.82, 2.24) is 9.13 Å². The lowest BCUT2D eigenvalue weighted by atomic mass is 9.96. The second kappa shape index (κ2) is 15.3. The van der Waals surface area contributed by atoms with Crippen molar-refractivity contribution in [2.45, 2.75) is 19.6 Å². The van der Waals surface area contributed by atoms with Crippen molar-refractivity contribution in [2.75, 3.05) is 0 Å². The Hall–Kier alpha value is -7.85. The number of nitrogens with zero attached hydrogens (tertiary/aromatic N) is 2. The summed E-state index contributed by atoms with van der Waals surface area (Å²) in [5, 5.41) is 4.96. The van der Waals surface area contributed by atoms with Crippen LogP contribution >= 0.6 is 10.0 Å². The number of aromatic nitrogens is 2. The predicted molar refractivity (Wildman–Crippen MR) is 266 cm³/mol. The molecule has 0 aliphatic carbocycles. The molecule has 12 aromatic rings. The molecule has 2 aromatic heterocycles. The van der Waals surface area contributed by atoms with Crippen LogP contribution in [0.5, 0.6) is 0 Å². The van der Waals surface area contributed by atoms with E-state index in [1.807, 2.05) is 0 Å². The summed E-state index contributed by atoms with van der Waals surface area (Å²) in [6, 6.07) is 93.7. The highest BCUT2D eigenvalue weighted by atomic mass is 32.3. The molecule has 0 aliphatic rings. The molecule has 0 spiro atoms. The SMILES string of the molecule is c1ccc(-c2cccc(-c3cccc4c3c3ccccc3n4-c3cccc4c3c3ccccc3n4-c3ccc(S(c4ccccc4)(c4ccccc4)c4ccccc4)cc3)c2)cc1. The second-order valence-corrected chi connectivity index (χ2v) is 19.2. The summed E-state index contributed by atoms with van der Waals surface area (Å²) in [5.74, 6) is 0. The summed E-state index contributed by atoms with van der Waals surface area (Å²) in [6.07, 6.45) is 0. The molecule has 0 radical (unpaired) electrons. The molecule has 0 saturated carbocycles. The normalized spacial score (nSPS) is 12.1. The summed E-state index contributed by atoms with van der Waals surface area (Å²) in [7, 11) is -1.81. The van der Waals surface area contributed by atoms with Crippen LogP contribution < -0.4 is 0 Å². The van der Waals surface area contributed by atoms with Gasteiger partial charge in [-0.1, -0.05) is 158 Å². The van der Waals surface area contributed by atoms with Gasteiger partial charge in [-0.05, 0) is 119 Å². The Morgan fingerprint density at radius 2 is 0.698 bits per heavy atom. The lowest BCUT2D eigenvalue weighted by Gasteiger charge is -2.42. The first-order valence-electron chi connectivity index (χ1n) is 21.6. The molecule has 0 aliphatic heterocycles. The molecule has 2 nitrogen and oxygen atoms in total. The molecule has 63 heavy (non-hydrogen) atoms. The molecule has 0 bridgehead atoms. The zero-order valence-electron chi connectivity index (χ0n) is 34.6. The van der Waals surface area contributed by atoms with Gasteiger partial charge in [-0.25, -0.2) is 0 Å². The van der Waals surface area contributed by atoms with Gasteiger partial charge in [-0.15, -0.1) is 10.0 Å². The number of rotatable bonds is 8. The monoisotopic (exact) mass is 822 g/mol. The molecule has 3 heteroatoms. The number of hydrogen-bond donors (Lipinski definition) is 0. The van der Waals surface area contributed by atoms with Gasteiger partial charge in [0.15, 0.2) is 0 Å². The predicted octanol–water partition coefficient (Wildman–Crippen LogP) is 16.6. The maximum atomic E-state index is 2.49. The van der Waals surface area contributed by atoms with Crippen molar-refractivity contribution < 1.29 is 0 Å². The molecule has 0 fully saturated rings. The van der Waals surface area contributed by atoms with Gasteiger partial charge in [0.1, 0.15) is 0 Å². The maximum absolute atomic E-state index is 2.49. The standard InChI is InChI=1S/C60H42N2S/c1-5-20-43(21-6-1)44-22-17-23-45(42-44)51-32-18-35-56-59(51)52-30-13-16-34-55(52)62(56)58-37-19-36-57-60(58)53-31-14-15-33-54(53)61(57)46-38-40-50(41-39-46)63(47-24-7-2-8-25-47,48-26-9-3-10-27-48)49-28-11-4-12-29-49/h1-42H. The van der Waals surface area contributed by atoms with Gasteiger partial charge < -0.3 is 9.13 Å². The van der Waals surface area contributed by atoms with Gasteiger partial charge >= 0.3 is 0 Å². The van der Waals surface area contributed by atoms with Crippen molar-refractivity contribution in [3.63, 3.8) is 0 Å². The number of fused-ring (bicyclic) bond motifs is 6. The highest BCUT2D eigenvalue weighted by molar-refractivity contribution is 8.34. The average molecular weight is 823 g/mol. The van der Waals surface area contributed by atoms with E-state index in [0.29, 0.717) is 0 Å². The average Bonchev–Trinajstić information content (AvgIpc) is 3.89. The van der Waals surface area contributed by atoms with Crippen molar-refractivity contribution >= 4 is 53.6 Å². The lowest BCUT2D eigenvalue weighted by Crippen LogP contribution is -2.05. The van der Waals surface area contributed by atoms with Crippen molar-refractivity contribution in [2.24, 2.45) is 0 Å². The minimum Gasteiger partial charge on any atom is -0.309 e. The molecule has 0 saturated heterocycles. The molecular weight excluding hydrogens is 781 g/mol. The molecule has 12 rings (SSSR count). The first-order valence-corrected chi connectivity index (χ1v) is 23.2. The Kier molecular flexibility index (Phi) is 8.95. The fraction of sp³-hybridized carbons (Fsp3) is 0. The van der Waals surface area contributed by atoms with E-state index in [0.717, 1.165) is 5.69 Å². The molecule has 2 heterocycles. The minimum atomic E-state index is -1.81. The Labute approximate surface area is 368 Å². The number of hydrogen-bond acceptors (Lipinski definition) is 0. The van der Waals surface area contributed by atoms with Crippen LogP contribution in [0, 0.1) is 0 Å². The summed E-state index contributed by atoms with van der Waals surface area (Å²) in [6.45, 7) is 0. The van der Waals surface area contributed by atoms with Gasteiger partial charge in [0, 0.05) is 46.8 Å². The van der Waals surface area contributed by atoms with Crippen LogP contribution in [0.2, 0.25) is 0 Å². The topological polar surface area (TPSA) is 9.86 Å². The van der Waals surface area contributed by atoms with Crippen LogP contribution in [-0.2, 0) is 0 Å². The molecule has 0 N–H and O–H groups in total. The Morgan fingerprint density at radius 3 is 1.32 bits per heavy atom. The molecule has 10 aromatic carbocycles. The summed E-state index contributed by atoms with van der Waals surface area (Å²) in [5.41, 5.74) is 11.9. The van der Waals surface area contributed by atoms with Crippen molar-refractivity contribution in [1.29, 1.82) is 0 Å². The van der Waals surface area contributed by atoms with Crippen molar-refractivity contribution in [3.8, 4) is 33.6 Å². The van der Waals surface area contributed by atoms with E-state index in [4.69, 9.17) is 0 Å². The van der Waals surface area contributed by atoms with Crippen LogP contribution in [0.15, 0.2) is 274 Å². The quantitative estimate of drug-likeness (QED) is 0.144. The fourth-order valence-corrected chi connectivity index (χ4v) is 13.8. The largest absolute Gasteiger partial charge is 0.309 e. The molecule has 0 atom stereocenters. The minimum absolute atomic E-state index is 1.13. The third kappa shape index (κ3) is 5.89. The Bertz CT molecular complexity index is 3490. The summed E-state index contributed by atoms with van der Waals surface area (Å²) in [4.78, 5) is 5.24. The Balaban J connectivity index is 1.06. The zero-order valence-corrected chi connectivity index (χ0v) is 35.4. The molecule has 0 amide bonds. The highest BCUT2D eigenvalue weighted by Crippen LogP contribution is 2.73. The van der Waals surface area contributed by atoms with Crippen molar-refractivity contribution in [3.05, 3.63) is 255 Å². The lowest BCUT2D eigenvalue weighted by molar-refractivity contribution is 1.15. The van der Waals surface area contributed by atoms with E-state index in [1.165, 1.54) is 91.1 Å². The molecular formula is C60H42N2S. The van der Waals surface area contributed by atoms with Gasteiger partial charge in [0.2, 0.25) is 0 Å². The zero-order chi connectivity index (χ0) is 41.7. The van der Waals surface area contributed by atoms with Gasteiger partial charge in [-0.2, -0.15) is 0 Å². The van der Waals surface area contributed by atoms with E-state index >= 15 is 0 Å². The summed E-state index contributed by atoms with van der Waals surface area (Å²) < 4.78 is 4.95. The van der Waals surface area contributed by atoms with E-state index in [2.05, 4.69) is 264 Å². The first-order chi connectivity index (χ1) is 31.3. The molecule has 298 valence electrons. The number of benzene rings is 10. The van der Waals surface area contributed by atoms with Crippen LogP contribution in [0.25, 0.3) is 77.2 Å². The van der Waals surface area contributed by atoms with E-state index in [1.54, 1.807) is 0 Å². The van der Waals surface area contributed by atoms with Crippen LogP contribution in [0.4, 0.5) is 0 Å². The number of para-hydroxylation sites is 2. The van der Waals surface area contributed by atoms with E-state index < -0.39 is 10.0 Å². The maximum Gasteiger partial charge on any atom is 0.0562 e. The first kappa shape index (κ1) is 37.0. The van der Waals surface area contributed by atoms with Gasteiger partial charge in [0.05, 0.1) is 27.8 Å². The second-order valence-electron chi connectivity index (χ2n) is 16.1. The fourth-order valence-electron chi connectivity index (χ4n) is 9.97. The van der Waals surface area contributed by atoms with Gasteiger partial charge in [0.25, 0.3) is 0 Å². The molecule has 0 unspecified atom stereocenters. The van der Waals surface area contributed by atoms with Gasteiger partial charge in [-0.3, -0.25) is 0 Å². The smallest absolute Gasteiger partial charge is 0.0562 e. The third-order valence-corrected chi connectivity index (χ3v) is 16.6. The third-order valence-electron chi connectivity index (χ3n) is 12.6. The van der Waals surface area contributed by atoms with Crippen LogP contribution in [0.1, 0.15) is 0 Å². The van der Waals surface area contributed by atoms with Crippen LogP contribution in [0.3, 0.4) is 0 Å². The van der Waals surface area contributed by atoms with E-state index in [9.17, 15) is 0 Å². The van der Waals surface area contributed by atoms with Crippen LogP contribution in [-0.4, -0.2) is 9.13 Å².